The Hall–Kier alpha value is -2.28. The summed E-state index contributed by atoms with van der Waals surface area (Å²) in [7, 11) is 1.52. The Morgan fingerprint density at radius 2 is 1.73 bits per heavy atom. The molecule has 7 heteroatoms. The van der Waals surface area contributed by atoms with Crippen LogP contribution in [0.1, 0.15) is 6.92 Å². The van der Waals surface area contributed by atoms with Gasteiger partial charge in [-0.3, -0.25) is 9.00 Å². The lowest BCUT2D eigenvalue weighted by Crippen LogP contribution is -2.05. The highest BCUT2D eigenvalue weighted by Crippen LogP contribution is 2.50. The Labute approximate surface area is 130 Å². The topological polar surface area (TPSA) is 82.1 Å². The van der Waals surface area contributed by atoms with E-state index >= 15 is 0 Å². The lowest BCUT2D eigenvalue weighted by molar-refractivity contribution is -0.131. The molecule has 0 fully saturated rings. The fourth-order valence-corrected chi connectivity index (χ4v) is 2.72. The summed E-state index contributed by atoms with van der Waals surface area (Å²) in [5, 5.41) is 11.1. The second-order valence-electron chi connectivity index (χ2n) is 4.50. The van der Waals surface area contributed by atoms with Crippen molar-refractivity contribution in [1.29, 1.82) is 0 Å². The summed E-state index contributed by atoms with van der Waals surface area (Å²) in [6.45, 7) is 1.26. The standard InChI is InChI=1S/C15H16O6S/c1-8(16)21-13-11-7-9(22(4)18)5-6-10(11)12(17)14(19-2)15(13)20-3/h5-7,17H,1-4H3. The highest BCUT2D eigenvalue weighted by Gasteiger charge is 2.23. The van der Waals surface area contributed by atoms with E-state index in [1.165, 1.54) is 27.4 Å². The van der Waals surface area contributed by atoms with Crippen molar-refractivity contribution >= 4 is 27.5 Å². The quantitative estimate of drug-likeness (QED) is 0.686. The van der Waals surface area contributed by atoms with Gasteiger partial charge in [0.05, 0.1) is 14.2 Å². The molecule has 0 spiro atoms. The average molecular weight is 324 g/mol. The zero-order valence-corrected chi connectivity index (χ0v) is 13.4. The maximum atomic E-state index is 11.7. The fourth-order valence-electron chi connectivity index (χ4n) is 2.17. The number of hydrogen-bond donors (Lipinski definition) is 1. The van der Waals surface area contributed by atoms with Crippen molar-refractivity contribution in [2.24, 2.45) is 0 Å². The normalized spacial score (nSPS) is 12.0. The Balaban J connectivity index is 2.93. The van der Waals surface area contributed by atoms with Crippen molar-refractivity contribution in [1.82, 2.24) is 0 Å². The second kappa shape index (κ2) is 6.23. The highest BCUT2D eigenvalue weighted by molar-refractivity contribution is 7.84. The molecule has 0 saturated heterocycles. The van der Waals surface area contributed by atoms with Crippen molar-refractivity contribution in [3.05, 3.63) is 18.2 Å². The summed E-state index contributed by atoms with van der Waals surface area (Å²) in [5.74, 6) is -0.403. The van der Waals surface area contributed by atoms with Crippen molar-refractivity contribution in [2.75, 3.05) is 20.5 Å². The monoisotopic (exact) mass is 324 g/mol. The molecule has 0 radical (unpaired) electrons. The number of phenols is 1. The van der Waals surface area contributed by atoms with E-state index in [9.17, 15) is 14.1 Å². The van der Waals surface area contributed by atoms with Gasteiger partial charge in [0.2, 0.25) is 11.5 Å². The van der Waals surface area contributed by atoms with E-state index in [2.05, 4.69) is 0 Å². The van der Waals surface area contributed by atoms with Gasteiger partial charge in [0.15, 0.2) is 11.5 Å². The maximum absolute atomic E-state index is 11.7. The molecule has 2 rings (SSSR count). The van der Waals surface area contributed by atoms with Gasteiger partial charge in [-0.2, -0.15) is 0 Å². The van der Waals surface area contributed by atoms with Crippen LogP contribution in [-0.4, -0.2) is 35.8 Å². The molecule has 0 aromatic heterocycles. The van der Waals surface area contributed by atoms with Gasteiger partial charge in [0, 0.05) is 39.6 Å². The van der Waals surface area contributed by atoms with E-state index in [0.29, 0.717) is 15.7 Å². The lowest BCUT2D eigenvalue weighted by Gasteiger charge is -2.17. The van der Waals surface area contributed by atoms with Gasteiger partial charge in [-0.05, 0) is 18.2 Å². The van der Waals surface area contributed by atoms with Crippen molar-refractivity contribution < 1.29 is 28.3 Å². The van der Waals surface area contributed by atoms with Gasteiger partial charge < -0.3 is 19.3 Å². The maximum Gasteiger partial charge on any atom is 0.308 e. The third-order valence-corrected chi connectivity index (χ3v) is 4.02. The summed E-state index contributed by atoms with van der Waals surface area (Å²) in [5.41, 5.74) is 0. The molecular formula is C15H16O6S. The molecule has 0 aliphatic heterocycles. The van der Waals surface area contributed by atoms with Crippen LogP contribution in [0.3, 0.4) is 0 Å². The van der Waals surface area contributed by atoms with Gasteiger partial charge in [-0.1, -0.05) is 0 Å². The number of rotatable bonds is 4. The number of carbonyl (C=O) groups excluding carboxylic acids is 1. The molecule has 2 aromatic carbocycles. The van der Waals surface area contributed by atoms with Crippen LogP contribution in [-0.2, 0) is 15.6 Å². The third-order valence-electron chi connectivity index (χ3n) is 3.10. The molecule has 0 heterocycles. The third kappa shape index (κ3) is 2.71. The van der Waals surface area contributed by atoms with E-state index in [1.807, 2.05) is 0 Å². The Kier molecular flexibility index (Phi) is 4.56. The van der Waals surface area contributed by atoms with E-state index < -0.39 is 16.8 Å². The number of aromatic hydroxyl groups is 1. The summed E-state index contributed by atoms with van der Waals surface area (Å²) < 4.78 is 27.3. The van der Waals surface area contributed by atoms with Crippen LogP contribution in [0.5, 0.6) is 23.0 Å². The number of esters is 1. The summed E-state index contributed by atoms with van der Waals surface area (Å²) in [6, 6.07) is 4.81. The Morgan fingerprint density at radius 1 is 1.09 bits per heavy atom. The number of hydrogen-bond acceptors (Lipinski definition) is 6. The molecule has 0 bridgehead atoms. The average Bonchev–Trinajstić information content (AvgIpc) is 2.48. The van der Waals surface area contributed by atoms with Crippen LogP contribution < -0.4 is 14.2 Å². The molecule has 6 nitrogen and oxygen atoms in total. The smallest absolute Gasteiger partial charge is 0.308 e. The Morgan fingerprint density at radius 3 is 2.23 bits per heavy atom. The lowest BCUT2D eigenvalue weighted by atomic mass is 10.1. The summed E-state index contributed by atoms with van der Waals surface area (Å²) >= 11 is 0. The van der Waals surface area contributed by atoms with E-state index in [1.54, 1.807) is 18.2 Å². The minimum absolute atomic E-state index is 0.0663. The zero-order valence-electron chi connectivity index (χ0n) is 12.6. The first kappa shape index (κ1) is 16.1. The largest absolute Gasteiger partial charge is 0.504 e. The molecule has 2 aromatic rings. The SMILES string of the molecule is COc1c(OC)c(OC(C)=O)c2cc(S(C)=O)ccc2c1O. The molecule has 22 heavy (non-hydrogen) atoms. The van der Waals surface area contributed by atoms with E-state index in [0.717, 1.165) is 0 Å². The Bertz CT molecular complexity index is 768. The van der Waals surface area contributed by atoms with Crippen molar-refractivity contribution in [3.8, 4) is 23.0 Å². The number of methoxy groups -OCH3 is 2. The van der Waals surface area contributed by atoms with Gasteiger partial charge in [-0.25, -0.2) is 0 Å². The van der Waals surface area contributed by atoms with Crippen molar-refractivity contribution in [3.63, 3.8) is 0 Å². The summed E-state index contributed by atoms with van der Waals surface area (Å²) in [6.07, 6.45) is 1.54. The number of fused-ring (bicyclic) bond motifs is 1. The van der Waals surface area contributed by atoms with Gasteiger partial charge in [0.1, 0.15) is 0 Å². The van der Waals surface area contributed by atoms with Gasteiger partial charge in [0.25, 0.3) is 0 Å². The molecular weight excluding hydrogens is 308 g/mol. The van der Waals surface area contributed by atoms with Crippen LogP contribution >= 0.6 is 0 Å². The van der Waals surface area contributed by atoms with Crippen molar-refractivity contribution in [2.45, 2.75) is 11.8 Å². The van der Waals surface area contributed by atoms with Crippen LogP contribution in [0.25, 0.3) is 10.8 Å². The molecule has 0 saturated carbocycles. The first-order chi connectivity index (χ1) is 10.4. The number of carbonyl (C=O) groups is 1. The zero-order chi connectivity index (χ0) is 16.4. The number of benzene rings is 2. The van der Waals surface area contributed by atoms with Gasteiger partial charge >= 0.3 is 5.97 Å². The molecule has 1 N–H and O–H groups in total. The van der Waals surface area contributed by atoms with Crippen LogP contribution in [0.2, 0.25) is 0 Å². The minimum atomic E-state index is -1.22. The molecule has 118 valence electrons. The number of ether oxygens (including phenoxy) is 3. The van der Waals surface area contributed by atoms with E-state index in [-0.39, 0.29) is 23.0 Å². The van der Waals surface area contributed by atoms with Gasteiger partial charge in [-0.15, -0.1) is 0 Å². The van der Waals surface area contributed by atoms with E-state index in [4.69, 9.17) is 14.2 Å². The molecule has 1 unspecified atom stereocenters. The molecule has 0 amide bonds. The molecule has 1 atom stereocenters. The number of phenolic OH excluding ortho intramolecular Hbond substituents is 1. The predicted octanol–water partition coefficient (Wildman–Crippen LogP) is 2.23. The minimum Gasteiger partial charge on any atom is -0.504 e. The first-order valence-electron chi connectivity index (χ1n) is 6.33. The molecule has 0 aliphatic rings. The molecule has 0 aliphatic carbocycles. The van der Waals surface area contributed by atoms with Crippen LogP contribution in [0.15, 0.2) is 23.1 Å². The first-order valence-corrected chi connectivity index (χ1v) is 7.89. The summed E-state index contributed by atoms with van der Waals surface area (Å²) in [4.78, 5) is 11.9. The second-order valence-corrected chi connectivity index (χ2v) is 5.88. The van der Waals surface area contributed by atoms with Crippen LogP contribution in [0, 0.1) is 0 Å². The highest BCUT2D eigenvalue weighted by atomic mass is 32.2. The van der Waals surface area contributed by atoms with Crippen LogP contribution in [0.4, 0.5) is 0 Å². The fraction of sp³-hybridized carbons (Fsp3) is 0.267. The predicted molar refractivity (Wildman–Crippen MR) is 82.4 cm³/mol.